The van der Waals surface area contributed by atoms with E-state index in [1.54, 1.807) is 6.33 Å². The lowest BCUT2D eigenvalue weighted by atomic mass is 9.89. The Balaban J connectivity index is 1.79. The molecule has 1 aromatic heterocycles. The number of aliphatic hydroxyl groups is 1. The van der Waals surface area contributed by atoms with Crippen molar-refractivity contribution in [3.05, 3.63) is 17.6 Å². The smallest absolute Gasteiger partial charge is 0.133 e. The Hall–Kier alpha value is -1.16. The van der Waals surface area contributed by atoms with E-state index in [9.17, 15) is 5.11 Å². The predicted molar refractivity (Wildman–Crippen MR) is 65.9 cm³/mol. The van der Waals surface area contributed by atoms with Gasteiger partial charge in [-0.15, -0.1) is 0 Å². The number of aryl methyl sites for hydroxylation is 1. The van der Waals surface area contributed by atoms with Crippen molar-refractivity contribution < 1.29 is 5.11 Å². The predicted octanol–water partition coefficient (Wildman–Crippen LogP) is 1.68. The van der Waals surface area contributed by atoms with Crippen LogP contribution in [0.4, 0.5) is 5.82 Å². The van der Waals surface area contributed by atoms with Crippen molar-refractivity contribution in [1.82, 2.24) is 9.97 Å². The molecule has 0 bridgehead atoms. The van der Waals surface area contributed by atoms with E-state index >= 15 is 0 Å². The second-order valence-corrected chi connectivity index (χ2v) is 5.17. The highest BCUT2D eigenvalue weighted by Gasteiger charge is 2.28. The third-order valence-electron chi connectivity index (χ3n) is 3.83. The minimum absolute atomic E-state index is 0.118. The van der Waals surface area contributed by atoms with Gasteiger partial charge in [-0.05, 0) is 38.5 Å². The Morgan fingerprint density at radius 1 is 1.12 bits per heavy atom. The van der Waals surface area contributed by atoms with Crippen LogP contribution in [0.5, 0.6) is 0 Å². The van der Waals surface area contributed by atoms with Crippen LogP contribution >= 0.6 is 0 Å². The average Bonchev–Trinajstić information content (AvgIpc) is 2.52. The van der Waals surface area contributed by atoms with Gasteiger partial charge in [0.2, 0.25) is 0 Å². The third kappa shape index (κ3) is 2.27. The molecule has 1 aromatic rings. The Bertz CT molecular complexity index is 402. The van der Waals surface area contributed by atoms with E-state index in [4.69, 9.17) is 0 Å². The SMILES string of the molecule is OC1CC(Nc2ncnc3c2CCCCC3)C1. The molecule has 0 saturated heterocycles. The number of nitrogens with one attached hydrogen (secondary N) is 1. The molecule has 0 aromatic carbocycles. The number of aromatic nitrogens is 2. The van der Waals surface area contributed by atoms with E-state index in [-0.39, 0.29) is 6.10 Å². The summed E-state index contributed by atoms with van der Waals surface area (Å²) < 4.78 is 0. The molecule has 1 saturated carbocycles. The number of fused-ring (bicyclic) bond motifs is 1. The zero-order chi connectivity index (χ0) is 11.7. The summed E-state index contributed by atoms with van der Waals surface area (Å²) in [6.07, 6.45) is 9.19. The summed E-state index contributed by atoms with van der Waals surface area (Å²) in [5.41, 5.74) is 2.53. The van der Waals surface area contributed by atoms with Gasteiger partial charge in [0, 0.05) is 17.3 Å². The zero-order valence-electron chi connectivity index (χ0n) is 10.0. The van der Waals surface area contributed by atoms with E-state index in [1.807, 2.05) is 0 Å². The van der Waals surface area contributed by atoms with Crippen molar-refractivity contribution in [2.24, 2.45) is 0 Å². The second-order valence-electron chi connectivity index (χ2n) is 5.17. The number of hydrogen-bond donors (Lipinski definition) is 2. The van der Waals surface area contributed by atoms with Gasteiger partial charge in [-0.25, -0.2) is 9.97 Å². The molecule has 0 amide bonds. The summed E-state index contributed by atoms with van der Waals surface area (Å²) in [7, 11) is 0. The zero-order valence-corrected chi connectivity index (χ0v) is 10.0. The Kier molecular flexibility index (Phi) is 2.97. The molecule has 3 rings (SSSR count). The average molecular weight is 233 g/mol. The highest BCUT2D eigenvalue weighted by atomic mass is 16.3. The fraction of sp³-hybridized carbons (Fsp3) is 0.692. The number of rotatable bonds is 2. The summed E-state index contributed by atoms with van der Waals surface area (Å²) in [6.45, 7) is 0. The van der Waals surface area contributed by atoms with Crippen LogP contribution in [0.15, 0.2) is 6.33 Å². The normalized spacial score (nSPS) is 27.8. The second kappa shape index (κ2) is 4.61. The molecule has 17 heavy (non-hydrogen) atoms. The number of nitrogens with zero attached hydrogens (tertiary/aromatic N) is 2. The molecule has 1 heterocycles. The van der Waals surface area contributed by atoms with Crippen molar-refractivity contribution in [2.45, 2.75) is 57.1 Å². The van der Waals surface area contributed by atoms with E-state index in [0.29, 0.717) is 6.04 Å². The molecule has 0 atom stereocenters. The van der Waals surface area contributed by atoms with Crippen LogP contribution in [-0.2, 0) is 12.8 Å². The topological polar surface area (TPSA) is 58.0 Å². The molecule has 2 aliphatic carbocycles. The lowest BCUT2D eigenvalue weighted by Crippen LogP contribution is -2.39. The molecule has 2 N–H and O–H groups in total. The number of hydrogen-bond acceptors (Lipinski definition) is 4. The van der Waals surface area contributed by atoms with Crippen LogP contribution in [0, 0.1) is 0 Å². The summed E-state index contributed by atoms with van der Waals surface area (Å²) in [4.78, 5) is 8.78. The van der Waals surface area contributed by atoms with Crippen LogP contribution in [0.1, 0.15) is 43.4 Å². The Morgan fingerprint density at radius 2 is 1.94 bits per heavy atom. The lowest BCUT2D eigenvalue weighted by Gasteiger charge is -2.33. The number of aliphatic hydroxyl groups excluding tert-OH is 1. The molecule has 4 nitrogen and oxygen atoms in total. The molecule has 92 valence electrons. The summed E-state index contributed by atoms with van der Waals surface area (Å²) in [6, 6.07) is 0.396. The monoisotopic (exact) mass is 233 g/mol. The molecule has 2 aliphatic rings. The van der Waals surface area contributed by atoms with Crippen molar-refractivity contribution in [3.63, 3.8) is 0 Å². The molecule has 0 spiro atoms. The maximum absolute atomic E-state index is 9.31. The summed E-state index contributed by atoms with van der Waals surface area (Å²) in [5, 5.41) is 12.8. The van der Waals surface area contributed by atoms with Gasteiger partial charge in [0.1, 0.15) is 12.1 Å². The van der Waals surface area contributed by atoms with Gasteiger partial charge in [-0.3, -0.25) is 0 Å². The lowest BCUT2D eigenvalue weighted by molar-refractivity contribution is 0.0835. The molecule has 0 unspecified atom stereocenters. The standard InChI is InChI=1S/C13H19N3O/c17-10-6-9(7-10)16-13-11-4-2-1-3-5-12(11)14-8-15-13/h8-10,17H,1-7H2,(H,14,15,16). The summed E-state index contributed by atoms with van der Waals surface area (Å²) in [5.74, 6) is 1.01. The maximum Gasteiger partial charge on any atom is 0.133 e. The van der Waals surface area contributed by atoms with E-state index in [2.05, 4.69) is 15.3 Å². The Labute approximate surface area is 101 Å². The number of anilines is 1. The largest absolute Gasteiger partial charge is 0.393 e. The van der Waals surface area contributed by atoms with Gasteiger partial charge in [-0.1, -0.05) is 6.42 Å². The first-order valence-corrected chi connectivity index (χ1v) is 6.60. The van der Waals surface area contributed by atoms with Gasteiger partial charge in [0.15, 0.2) is 0 Å². The fourth-order valence-corrected chi connectivity index (χ4v) is 2.72. The fourth-order valence-electron chi connectivity index (χ4n) is 2.72. The van der Waals surface area contributed by atoms with Gasteiger partial charge in [-0.2, -0.15) is 0 Å². The van der Waals surface area contributed by atoms with Crippen LogP contribution < -0.4 is 5.32 Å². The summed E-state index contributed by atoms with van der Waals surface area (Å²) >= 11 is 0. The molecule has 1 fully saturated rings. The highest BCUT2D eigenvalue weighted by molar-refractivity contribution is 5.47. The van der Waals surface area contributed by atoms with Crippen molar-refractivity contribution in [3.8, 4) is 0 Å². The van der Waals surface area contributed by atoms with Crippen molar-refractivity contribution in [1.29, 1.82) is 0 Å². The highest BCUT2D eigenvalue weighted by Crippen LogP contribution is 2.28. The molecule has 0 radical (unpaired) electrons. The van der Waals surface area contributed by atoms with E-state index in [0.717, 1.165) is 31.5 Å². The van der Waals surface area contributed by atoms with Crippen LogP contribution in [0.25, 0.3) is 0 Å². The third-order valence-corrected chi connectivity index (χ3v) is 3.83. The van der Waals surface area contributed by atoms with Gasteiger partial charge >= 0.3 is 0 Å². The van der Waals surface area contributed by atoms with Crippen molar-refractivity contribution >= 4 is 5.82 Å². The van der Waals surface area contributed by atoms with Gasteiger partial charge < -0.3 is 10.4 Å². The first-order valence-electron chi connectivity index (χ1n) is 6.60. The first-order chi connectivity index (χ1) is 8.33. The quantitative estimate of drug-likeness (QED) is 0.763. The van der Waals surface area contributed by atoms with Crippen LogP contribution in [0.2, 0.25) is 0 Å². The minimum Gasteiger partial charge on any atom is -0.393 e. The van der Waals surface area contributed by atoms with Crippen LogP contribution in [-0.4, -0.2) is 27.2 Å². The molecular weight excluding hydrogens is 214 g/mol. The molecule has 0 aliphatic heterocycles. The van der Waals surface area contributed by atoms with Crippen molar-refractivity contribution in [2.75, 3.05) is 5.32 Å². The first kappa shape index (κ1) is 11.0. The van der Waals surface area contributed by atoms with E-state index in [1.165, 1.54) is 30.5 Å². The van der Waals surface area contributed by atoms with E-state index < -0.39 is 0 Å². The Morgan fingerprint density at radius 3 is 2.76 bits per heavy atom. The minimum atomic E-state index is -0.118. The van der Waals surface area contributed by atoms with Gasteiger partial charge in [0.25, 0.3) is 0 Å². The van der Waals surface area contributed by atoms with Crippen LogP contribution in [0.3, 0.4) is 0 Å². The maximum atomic E-state index is 9.31. The molecular formula is C13H19N3O. The van der Waals surface area contributed by atoms with Gasteiger partial charge in [0.05, 0.1) is 6.10 Å². The molecule has 4 heteroatoms.